The molecule has 2 aromatic rings. The summed E-state index contributed by atoms with van der Waals surface area (Å²) in [6, 6.07) is 12.3. The molecule has 2 aromatic carbocycles. The van der Waals surface area contributed by atoms with E-state index in [-0.39, 0.29) is 11.8 Å². The number of benzene rings is 2. The standard InChI is InChI=1S/C16H14N2O3/c1-21-13-5-3-12(4-6-13)17-16(20)10-2-7-14-11(8-10)9-15(19)18-14/h2-8H,9H2,1H3,(H,17,20)(H,18,19). The number of nitrogens with one attached hydrogen (secondary N) is 2. The van der Waals surface area contributed by atoms with Gasteiger partial charge in [0.2, 0.25) is 5.91 Å². The molecule has 0 saturated carbocycles. The lowest BCUT2D eigenvalue weighted by Gasteiger charge is -2.07. The predicted octanol–water partition coefficient (Wildman–Crippen LogP) is 2.44. The van der Waals surface area contributed by atoms with Crippen molar-refractivity contribution in [3.8, 4) is 5.75 Å². The van der Waals surface area contributed by atoms with E-state index in [9.17, 15) is 9.59 Å². The third kappa shape index (κ3) is 2.72. The number of methoxy groups -OCH3 is 1. The first-order valence-electron chi connectivity index (χ1n) is 6.54. The van der Waals surface area contributed by atoms with Gasteiger partial charge in [0.25, 0.3) is 5.91 Å². The second-order valence-electron chi connectivity index (χ2n) is 4.78. The van der Waals surface area contributed by atoms with Crippen LogP contribution in [0.25, 0.3) is 0 Å². The Hall–Kier alpha value is -2.82. The second kappa shape index (κ2) is 5.28. The molecule has 0 unspecified atom stereocenters. The highest BCUT2D eigenvalue weighted by atomic mass is 16.5. The number of carbonyl (C=O) groups is 2. The van der Waals surface area contributed by atoms with Crippen LogP contribution in [0.15, 0.2) is 42.5 Å². The lowest BCUT2D eigenvalue weighted by atomic mass is 10.1. The quantitative estimate of drug-likeness (QED) is 0.908. The van der Waals surface area contributed by atoms with Gasteiger partial charge >= 0.3 is 0 Å². The number of fused-ring (bicyclic) bond motifs is 1. The zero-order valence-electron chi connectivity index (χ0n) is 11.5. The SMILES string of the molecule is COc1ccc(NC(=O)c2ccc3c(c2)CC(=O)N3)cc1. The van der Waals surface area contributed by atoms with Crippen molar-refractivity contribution in [3.63, 3.8) is 0 Å². The van der Waals surface area contributed by atoms with E-state index < -0.39 is 0 Å². The Morgan fingerprint density at radius 3 is 2.67 bits per heavy atom. The fourth-order valence-electron chi connectivity index (χ4n) is 2.25. The van der Waals surface area contributed by atoms with Gasteiger partial charge in [-0.3, -0.25) is 9.59 Å². The molecule has 2 amide bonds. The van der Waals surface area contributed by atoms with Crippen LogP contribution in [0.1, 0.15) is 15.9 Å². The summed E-state index contributed by atoms with van der Waals surface area (Å²) in [6.07, 6.45) is 0.318. The molecular weight excluding hydrogens is 268 g/mol. The third-order valence-corrected chi connectivity index (χ3v) is 3.34. The van der Waals surface area contributed by atoms with Crippen LogP contribution in [0.2, 0.25) is 0 Å². The summed E-state index contributed by atoms with van der Waals surface area (Å²) in [5.41, 5.74) is 2.85. The highest BCUT2D eigenvalue weighted by molar-refractivity contribution is 6.06. The van der Waals surface area contributed by atoms with Crippen molar-refractivity contribution in [2.24, 2.45) is 0 Å². The third-order valence-electron chi connectivity index (χ3n) is 3.34. The highest BCUT2D eigenvalue weighted by Gasteiger charge is 2.19. The molecule has 5 nitrogen and oxygen atoms in total. The maximum Gasteiger partial charge on any atom is 0.255 e. The molecule has 0 atom stereocenters. The van der Waals surface area contributed by atoms with Crippen LogP contribution in [0.4, 0.5) is 11.4 Å². The summed E-state index contributed by atoms with van der Waals surface area (Å²) in [6.45, 7) is 0. The Kier molecular flexibility index (Phi) is 3.31. The number of carbonyl (C=O) groups excluding carboxylic acids is 2. The van der Waals surface area contributed by atoms with Gasteiger partial charge in [-0.25, -0.2) is 0 Å². The summed E-state index contributed by atoms with van der Waals surface area (Å²) in [4.78, 5) is 23.5. The number of hydrogen-bond acceptors (Lipinski definition) is 3. The molecule has 0 spiro atoms. The second-order valence-corrected chi connectivity index (χ2v) is 4.78. The molecule has 1 aliphatic heterocycles. The van der Waals surface area contributed by atoms with E-state index in [0.717, 1.165) is 17.0 Å². The molecule has 2 N–H and O–H groups in total. The fourth-order valence-corrected chi connectivity index (χ4v) is 2.25. The van der Waals surface area contributed by atoms with Crippen molar-refractivity contribution in [3.05, 3.63) is 53.6 Å². The predicted molar refractivity (Wildman–Crippen MR) is 79.7 cm³/mol. The molecule has 0 fully saturated rings. The molecule has 0 radical (unpaired) electrons. The van der Waals surface area contributed by atoms with E-state index in [1.54, 1.807) is 49.6 Å². The molecule has 106 valence electrons. The molecule has 1 heterocycles. The van der Waals surface area contributed by atoms with Gasteiger partial charge < -0.3 is 15.4 Å². The van der Waals surface area contributed by atoms with Gasteiger partial charge in [0.05, 0.1) is 13.5 Å². The molecule has 0 saturated heterocycles. The molecule has 5 heteroatoms. The Morgan fingerprint density at radius 2 is 1.95 bits per heavy atom. The first kappa shape index (κ1) is 13.2. The lowest BCUT2D eigenvalue weighted by Crippen LogP contribution is -2.12. The summed E-state index contributed by atoms with van der Waals surface area (Å²) in [5, 5.41) is 5.55. The number of anilines is 2. The molecule has 21 heavy (non-hydrogen) atoms. The number of amides is 2. The van der Waals surface area contributed by atoms with Crippen LogP contribution < -0.4 is 15.4 Å². The van der Waals surface area contributed by atoms with E-state index in [2.05, 4.69) is 10.6 Å². The van der Waals surface area contributed by atoms with Crippen molar-refractivity contribution in [2.45, 2.75) is 6.42 Å². The van der Waals surface area contributed by atoms with Crippen LogP contribution in [0.3, 0.4) is 0 Å². The fraction of sp³-hybridized carbons (Fsp3) is 0.125. The first-order chi connectivity index (χ1) is 10.2. The van der Waals surface area contributed by atoms with Crippen molar-refractivity contribution in [1.82, 2.24) is 0 Å². The van der Waals surface area contributed by atoms with E-state index in [1.165, 1.54) is 0 Å². The van der Waals surface area contributed by atoms with E-state index in [0.29, 0.717) is 17.7 Å². The average molecular weight is 282 g/mol. The normalized spacial score (nSPS) is 12.5. The van der Waals surface area contributed by atoms with Gasteiger partial charge in [0.15, 0.2) is 0 Å². The van der Waals surface area contributed by atoms with E-state index in [4.69, 9.17) is 4.74 Å². The van der Waals surface area contributed by atoms with Gasteiger partial charge in [-0.2, -0.15) is 0 Å². The number of ether oxygens (including phenoxy) is 1. The van der Waals surface area contributed by atoms with E-state index in [1.807, 2.05) is 0 Å². The summed E-state index contributed by atoms with van der Waals surface area (Å²) in [5.74, 6) is 0.482. The monoisotopic (exact) mass is 282 g/mol. The number of rotatable bonds is 3. The van der Waals surface area contributed by atoms with Crippen molar-refractivity contribution < 1.29 is 14.3 Å². The minimum absolute atomic E-state index is 0.0438. The minimum atomic E-state index is -0.206. The highest BCUT2D eigenvalue weighted by Crippen LogP contribution is 2.24. The molecular formula is C16H14N2O3. The van der Waals surface area contributed by atoms with Crippen LogP contribution in [0, 0.1) is 0 Å². The van der Waals surface area contributed by atoms with Crippen molar-refractivity contribution >= 4 is 23.2 Å². The number of hydrogen-bond donors (Lipinski definition) is 2. The topological polar surface area (TPSA) is 67.4 Å². The zero-order chi connectivity index (χ0) is 14.8. The van der Waals surface area contributed by atoms with E-state index >= 15 is 0 Å². The Balaban J connectivity index is 1.76. The maximum absolute atomic E-state index is 12.2. The lowest BCUT2D eigenvalue weighted by molar-refractivity contribution is -0.115. The Bertz CT molecular complexity index is 708. The Labute approximate surface area is 121 Å². The van der Waals surface area contributed by atoms with Gasteiger partial charge in [-0.1, -0.05) is 0 Å². The van der Waals surface area contributed by atoms with Crippen molar-refractivity contribution in [2.75, 3.05) is 17.7 Å². The van der Waals surface area contributed by atoms with Gasteiger partial charge in [0, 0.05) is 16.9 Å². The molecule has 0 aliphatic carbocycles. The Morgan fingerprint density at radius 1 is 1.19 bits per heavy atom. The van der Waals surface area contributed by atoms with Gasteiger partial charge in [0.1, 0.15) is 5.75 Å². The van der Waals surface area contributed by atoms with Crippen LogP contribution in [-0.4, -0.2) is 18.9 Å². The summed E-state index contributed by atoms with van der Waals surface area (Å²) < 4.78 is 5.07. The smallest absolute Gasteiger partial charge is 0.255 e. The molecule has 0 bridgehead atoms. The molecule has 1 aliphatic rings. The van der Waals surface area contributed by atoms with Gasteiger partial charge in [-0.15, -0.1) is 0 Å². The maximum atomic E-state index is 12.2. The first-order valence-corrected chi connectivity index (χ1v) is 6.54. The van der Waals surface area contributed by atoms with Crippen LogP contribution in [-0.2, 0) is 11.2 Å². The summed E-state index contributed by atoms with van der Waals surface area (Å²) >= 11 is 0. The molecule has 3 rings (SSSR count). The van der Waals surface area contributed by atoms with Crippen LogP contribution >= 0.6 is 0 Å². The average Bonchev–Trinajstić information content (AvgIpc) is 2.87. The minimum Gasteiger partial charge on any atom is -0.497 e. The zero-order valence-corrected chi connectivity index (χ0v) is 11.5. The summed E-state index contributed by atoms with van der Waals surface area (Å²) in [7, 11) is 1.59. The molecule has 0 aromatic heterocycles. The van der Waals surface area contributed by atoms with Crippen molar-refractivity contribution in [1.29, 1.82) is 0 Å². The largest absolute Gasteiger partial charge is 0.497 e. The van der Waals surface area contributed by atoms with Gasteiger partial charge in [-0.05, 0) is 48.0 Å². The van der Waals surface area contributed by atoms with Crippen LogP contribution in [0.5, 0.6) is 5.75 Å².